The zero-order chi connectivity index (χ0) is 19.7. The lowest BCUT2D eigenvalue weighted by atomic mass is 10.1. The number of aromatic nitrogens is 1. The summed E-state index contributed by atoms with van der Waals surface area (Å²) in [6, 6.07) is 3.91. The van der Waals surface area contributed by atoms with Gasteiger partial charge in [0.25, 0.3) is 0 Å². The minimum absolute atomic E-state index is 0.0669. The molecular formula is C22H32N2O3. The van der Waals surface area contributed by atoms with Crippen LogP contribution in [-0.4, -0.2) is 40.8 Å². The Bertz CT molecular complexity index is 670. The molecule has 1 saturated heterocycles. The number of rotatable bonds is 7. The lowest BCUT2D eigenvalue weighted by molar-refractivity contribution is -0.0142. The quantitative estimate of drug-likeness (QED) is 0.519. The van der Waals surface area contributed by atoms with Crippen molar-refractivity contribution in [3.8, 4) is 17.6 Å². The van der Waals surface area contributed by atoms with Crippen LogP contribution < -0.4 is 4.74 Å². The largest absolute Gasteiger partial charge is 0.490 e. The smallest absolute Gasteiger partial charge is 0.410 e. The van der Waals surface area contributed by atoms with Gasteiger partial charge < -0.3 is 14.4 Å². The summed E-state index contributed by atoms with van der Waals surface area (Å²) in [5, 5.41) is 0. The first-order chi connectivity index (χ1) is 12.9. The third kappa shape index (κ3) is 7.13. The number of carbonyl (C=O) groups excluding carboxylic acids is 1. The minimum Gasteiger partial charge on any atom is -0.490 e. The van der Waals surface area contributed by atoms with Crippen molar-refractivity contribution in [2.45, 2.75) is 77.9 Å². The number of amides is 1. The van der Waals surface area contributed by atoms with E-state index < -0.39 is 5.60 Å². The van der Waals surface area contributed by atoms with Crippen molar-refractivity contribution in [1.29, 1.82) is 0 Å². The van der Waals surface area contributed by atoms with Gasteiger partial charge in [-0.15, -0.1) is 11.8 Å². The summed E-state index contributed by atoms with van der Waals surface area (Å²) in [6.45, 7) is 8.90. The maximum atomic E-state index is 12.2. The van der Waals surface area contributed by atoms with E-state index in [9.17, 15) is 4.79 Å². The van der Waals surface area contributed by atoms with E-state index >= 15 is 0 Å². The predicted octanol–water partition coefficient (Wildman–Crippen LogP) is 4.60. The zero-order valence-corrected chi connectivity index (χ0v) is 17.1. The fourth-order valence-corrected chi connectivity index (χ4v) is 2.82. The number of carbonyl (C=O) groups is 1. The SMILES string of the molecule is CCC#CCCCCc1ncccc1OC[C@@H]1CCN1C(=O)OC(C)(C)C. The van der Waals surface area contributed by atoms with E-state index in [0.717, 1.165) is 56.5 Å². The van der Waals surface area contributed by atoms with Crippen molar-refractivity contribution < 1.29 is 14.3 Å². The Kier molecular flexibility index (Phi) is 7.97. The number of likely N-dealkylation sites (tertiary alicyclic amines) is 1. The van der Waals surface area contributed by atoms with Crippen LogP contribution in [0.4, 0.5) is 4.79 Å². The number of hydrogen-bond acceptors (Lipinski definition) is 4. The van der Waals surface area contributed by atoms with Gasteiger partial charge in [-0.05, 0) is 58.6 Å². The Hall–Kier alpha value is -2.22. The van der Waals surface area contributed by atoms with Gasteiger partial charge in [0.15, 0.2) is 0 Å². The summed E-state index contributed by atoms with van der Waals surface area (Å²) < 4.78 is 11.5. The van der Waals surface area contributed by atoms with Crippen molar-refractivity contribution >= 4 is 6.09 Å². The van der Waals surface area contributed by atoms with Gasteiger partial charge in [-0.25, -0.2) is 4.79 Å². The molecule has 0 radical (unpaired) electrons. The van der Waals surface area contributed by atoms with Gasteiger partial charge >= 0.3 is 6.09 Å². The van der Waals surface area contributed by atoms with Crippen LogP contribution in [0.3, 0.4) is 0 Å². The molecule has 5 nitrogen and oxygen atoms in total. The molecule has 1 aliphatic heterocycles. The molecular weight excluding hydrogens is 340 g/mol. The lowest BCUT2D eigenvalue weighted by Crippen LogP contribution is -2.55. The van der Waals surface area contributed by atoms with Crippen LogP contribution in [0.1, 0.15) is 65.5 Å². The van der Waals surface area contributed by atoms with E-state index in [4.69, 9.17) is 9.47 Å². The zero-order valence-electron chi connectivity index (χ0n) is 17.1. The maximum Gasteiger partial charge on any atom is 0.410 e. The molecule has 27 heavy (non-hydrogen) atoms. The number of ether oxygens (including phenoxy) is 2. The molecule has 2 heterocycles. The van der Waals surface area contributed by atoms with Crippen LogP contribution >= 0.6 is 0 Å². The number of unbranched alkanes of at least 4 members (excludes halogenated alkanes) is 2. The monoisotopic (exact) mass is 372 g/mol. The van der Waals surface area contributed by atoms with Crippen LogP contribution in [0.25, 0.3) is 0 Å². The fourth-order valence-electron chi connectivity index (χ4n) is 2.82. The van der Waals surface area contributed by atoms with Crippen LogP contribution in [0, 0.1) is 11.8 Å². The highest BCUT2D eigenvalue weighted by Gasteiger charge is 2.35. The van der Waals surface area contributed by atoms with Crippen LogP contribution in [0.15, 0.2) is 18.3 Å². The predicted molar refractivity (Wildman–Crippen MR) is 107 cm³/mol. The van der Waals surface area contributed by atoms with Gasteiger partial charge in [0.2, 0.25) is 0 Å². The Labute approximate surface area is 163 Å². The fraction of sp³-hybridized carbons (Fsp3) is 0.636. The van der Waals surface area contributed by atoms with Crippen molar-refractivity contribution in [2.75, 3.05) is 13.2 Å². The van der Waals surface area contributed by atoms with E-state index in [0.29, 0.717) is 6.61 Å². The van der Waals surface area contributed by atoms with E-state index in [1.807, 2.05) is 32.9 Å². The first-order valence-electron chi connectivity index (χ1n) is 9.92. The third-order valence-corrected chi connectivity index (χ3v) is 4.32. The lowest BCUT2D eigenvalue weighted by Gasteiger charge is -2.41. The first-order valence-corrected chi connectivity index (χ1v) is 9.92. The van der Waals surface area contributed by atoms with Gasteiger partial charge in [0.05, 0.1) is 11.7 Å². The molecule has 1 amide bonds. The maximum absolute atomic E-state index is 12.2. The Balaban J connectivity index is 1.81. The highest BCUT2D eigenvalue weighted by molar-refractivity contribution is 5.69. The normalized spacial score (nSPS) is 16.1. The average molecular weight is 373 g/mol. The second kappa shape index (κ2) is 10.2. The Morgan fingerprint density at radius 2 is 2.15 bits per heavy atom. The third-order valence-electron chi connectivity index (χ3n) is 4.32. The van der Waals surface area contributed by atoms with Crippen molar-refractivity contribution in [3.05, 3.63) is 24.0 Å². The second-order valence-electron chi connectivity index (χ2n) is 7.79. The molecule has 0 spiro atoms. The van der Waals surface area contributed by atoms with Crippen LogP contribution in [-0.2, 0) is 11.2 Å². The summed E-state index contributed by atoms with van der Waals surface area (Å²) in [5.74, 6) is 7.08. The van der Waals surface area contributed by atoms with E-state index in [-0.39, 0.29) is 12.1 Å². The number of hydrogen-bond donors (Lipinski definition) is 0. The highest BCUT2D eigenvalue weighted by Crippen LogP contribution is 2.24. The second-order valence-corrected chi connectivity index (χ2v) is 7.79. The van der Waals surface area contributed by atoms with E-state index in [1.165, 1.54) is 0 Å². The molecule has 148 valence electrons. The molecule has 1 aromatic heterocycles. The molecule has 0 bridgehead atoms. The summed E-state index contributed by atoms with van der Waals surface area (Å²) in [6.07, 6.45) is 7.31. The highest BCUT2D eigenvalue weighted by atomic mass is 16.6. The molecule has 5 heteroatoms. The summed E-state index contributed by atoms with van der Waals surface area (Å²) >= 11 is 0. The Morgan fingerprint density at radius 3 is 2.81 bits per heavy atom. The molecule has 0 aliphatic carbocycles. The standard InChI is InChI=1S/C22H32N2O3/c1-5-6-7-8-9-10-12-19-20(13-11-15-23-19)26-17-18-14-16-24(18)21(25)27-22(2,3)4/h11,13,15,18H,5,8-10,12,14,16-17H2,1-4H3/t18-/m0/s1. The first kappa shape index (κ1) is 21.1. The molecule has 0 N–H and O–H groups in total. The van der Waals surface area contributed by atoms with Gasteiger partial charge in [-0.2, -0.15) is 0 Å². The van der Waals surface area contributed by atoms with Gasteiger partial charge in [-0.3, -0.25) is 4.98 Å². The molecule has 2 rings (SSSR count). The summed E-state index contributed by atoms with van der Waals surface area (Å²) in [5.41, 5.74) is 0.500. The van der Waals surface area contributed by atoms with Crippen LogP contribution in [0.2, 0.25) is 0 Å². The van der Waals surface area contributed by atoms with E-state index in [1.54, 1.807) is 11.1 Å². The summed E-state index contributed by atoms with van der Waals surface area (Å²) in [7, 11) is 0. The molecule has 0 unspecified atom stereocenters. The molecule has 1 fully saturated rings. The molecule has 1 atom stereocenters. The van der Waals surface area contributed by atoms with Gasteiger partial charge in [0, 0.05) is 25.6 Å². The van der Waals surface area contributed by atoms with Gasteiger partial charge in [0.1, 0.15) is 18.0 Å². The minimum atomic E-state index is -0.476. The molecule has 1 aromatic rings. The van der Waals surface area contributed by atoms with Crippen molar-refractivity contribution in [2.24, 2.45) is 0 Å². The molecule has 1 aliphatic rings. The molecule has 0 saturated carbocycles. The van der Waals surface area contributed by atoms with Gasteiger partial charge in [-0.1, -0.05) is 6.92 Å². The topological polar surface area (TPSA) is 51.7 Å². The molecule has 0 aromatic carbocycles. The number of pyridine rings is 1. The summed E-state index contributed by atoms with van der Waals surface area (Å²) in [4.78, 5) is 18.4. The number of nitrogens with zero attached hydrogens (tertiary/aromatic N) is 2. The average Bonchev–Trinajstić information content (AvgIpc) is 2.56. The Morgan fingerprint density at radius 1 is 1.33 bits per heavy atom. The van der Waals surface area contributed by atoms with Crippen molar-refractivity contribution in [1.82, 2.24) is 9.88 Å². The van der Waals surface area contributed by atoms with Crippen LogP contribution in [0.5, 0.6) is 5.75 Å². The van der Waals surface area contributed by atoms with Crippen molar-refractivity contribution in [3.63, 3.8) is 0 Å². The van der Waals surface area contributed by atoms with E-state index in [2.05, 4.69) is 23.7 Å². The number of aryl methyl sites for hydroxylation is 1.